The highest BCUT2D eigenvalue weighted by atomic mass is 32.1. The van der Waals surface area contributed by atoms with Gasteiger partial charge in [-0.2, -0.15) is 13.2 Å². The van der Waals surface area contributed by atoms with Gasteiger partial charge in [0.05, 0.1) is 22.3 Å². The largest absolute Gasteiger partial charge is 0.416 e. The number of aromatic nitrogens is 2. The molecule has 0 saturated carbocycles. The molecule has 2 aromatic heterocycles. The Hall–Kier alpha value is -3.46. The molecule has 30 heavy (non-hydrogen) atoms. The Morgan fingerprint density at radius 2 is 1.77 bits per heavy atom. The minimum atomic E-state index is -4.42. The average Bonchev–Trinajstić information content (AvgIpc) is 3.11. The zero-order valence-corrected chi connectivity index (χ0v) is 16.1. The number of alkyl halides is 3. The van der Waals surface area contributed by atoms with Crippen molar-refractivity contribution in [1.82, 2.24) is 9.55 Å². The van der Waals surface area contributed by atoms with Crippen molar-refractivity contribution in [2.24, 2.45) is 0 Å². The van der Waals surface area contributed by atoms with Gasteiger partial charge in [0.25, 0.3) is 11.5 Å². The molecule has 0 unspecified atom stereocenters. The van der Waals surface area contributed by atoms with E-state index in [1.165, 1.54) is 40.3 Å². The summed E-state index contributed by atoms with van der Waals surface area (Å²) >= 11 is 1.29. The van der Waals surface area contributed by atoms with E-state index in [2.05, 4.69) is 10.3 Å². The lowest BCUT2D eigenvalue weighted by Crippen LogP contribution is -2.29. The topological polar surface area (TPSA) is 64.0 Å². The molecule has 4 rings (SSSR count). The first-order valence-corrected chi connectivity index (χ1v) is 9.65. The van der Waals surface area contributed by atoms with Crippen molar-refractivity contribution in [2.45, 2.75) is 12.7 Å². The van der Waals surface area contributed by atoms with Gasteiger partial charge in [-0.15, -0.1) is 0 Å². The molecule has 0 atom stereocenters. The Morgan fingerprint density at radius 1 is 1.03 bits per heavy atom. The minimum absolute atomic E-state index is 0.0409. The number of rotatable bonds is 4. The summed E-state index contributed by atoms with van der Waals surface area (Å²) in [4.78, 5) is 29.6. The zero-order valence-electron chi connectivity index (χ0n) is 15.3. The second kappa shape index (κ2) is 7.75. The maximum atomic E-state index is 12.7. The van der Waals surface area contributed by atoms with Crippen LogP contribution < -0.4 is 10.9 Å². The SMILES string of the molecule is O=C(Nc1nc2ccccc2s1)c1cccn(Cc2ccc(C(F)(F)F)cc2)c1=O. The van der Waals surface area contributed by atoms with Gasteiger partial charge in [0, 0.05) is 6.20 Å². The molecule has 0 aliphatic rings. The van der Waals surface area contributed by atoms with Crippen LogP contribution in [-0.2, 0) is 12.7 Å². The third kappa shape index (κ3) is 4.11. The molecule has 0 aliphatic carbocycles. The Labute approximate surface area is 172 Å². The Morgan fingerprint density at radius 3 is 2.47 bits per heavy atom. The zero-order chi connectivity index (χ0) is 21.3. The van der Waals surface area contributed by atoms with E-state index < -0.39 is 23.2 Å². The first-order chi connectivity index (χ1) is 14.3. The van der Waals surface area contributed by atoms with Crippen LogP contribution in [0, 0.1) is 0 Å². The van der Waals surface area contributed by atoms with Crippen LogP contribution in [0.25, 0.3) is 10.2 Å². The molecule has 0 aliphatic heterocycles. The summed E-state index contributed by atoms with van der Waals surface area (Å²) in [5, 5.41) is 3.01. The van der Waals surface area contributed by atoms with E-state index >= 15 is 0 Å². The molecule has 2 heterocycles. The van der Waals surface area contributed by atoms with E-state index in [1.807, 2.05) is 24.3 Å². The Balaban J connectivity index is 1.55. The monoisotopic (exact) mass is 429 g/mol. The lowest BCUT2D eigenvalue weighted by molar-refractivity contribution is -0.137. The molecule has 0 fully saturated rings. The number of para-hydroxylation sites is 1. The number of benzene rings is 2. The lowest BCUT2D eigenvalue weighted by Gasteiger charge is -2.10. The molecule has 0 spiro atoms. The van der Waals surface area contributed by atoms with Crippen molar-refractivity contribution >= 4 is 32.6 Å². The number of fused-ring (bicyclic) bond motifs is 1. The van der Waals surface area contributed by atoms with Gasteiger partial charge >= 0.3 is 6.18 Å². The second-order valence-electron chi connectivity index (χ2n) is 6.49. The van der Waals surface area contributed by atoms with E-state index in [-0.39, 0.29) is 12.1 Å². The van der Waals surface area contributed by atoms with E-state index in [9.17, 15) is 22.8 Å². The second-order valence-corrected chi connectivity index (χ2v) is 7.52. The fourth-order valence-electron chi connectivity index (χ4n) is 2.92. The molecule has 5 nitrogen and oxygen atoms in total. The minimum Gasteiger partial charge on any atom is -0.310 e. The summed E-state index contributed by atoms with van der Waals surface area (Å²) < 4.78 is 40.3. The van der Waals surface area contributed by atoms with Gasteiger partial charge in [-0.1, -0.05) is 35.6 Å². The van der Waals surface area contributed by atoms with Gasteiger partial charge in [0.2, 0.25) is 0 Å². The van der Waals surface area contributed by atoms with Gasteiger partial charge in [-0.3, -0.25) is 14.9 Å². The first kappa shape index (κ1) is 19.8. The fraction of sp³-hybridized carbons (Fsp3) is 0.0952. The van der Waals surface area contributed by atoms with Crippen LogP contribution in [0.1, 0.15) is 21.5 Å². The van der Waals surface area contributed by atoms with Crippen LogP contribution in [-0.4, -0.2) is 15.5 Å². The van der Waals surface area contributed by atoms with E-state index in [1.54, 1.807) is 6.07 Å². The molecule has 2 aromatic carbocycles. The maximum Gasteiger partial charge on any atom is 0.416 e. The molecule has 9 heteroatoms. The summed E-state index contributed by atoms with van der Waals surface area (Å²) in [5.74, 6) is -0.596. The van der Waals surface area contributed by atoms with Crippen LogP contribution in [0.5, 0.6) is 0 Å². The number of halogens is 3. The number of amides is 1. The van der Waals surface area contributed by atoms with Crippen LogP contribution in [0.4, 0.5) is 18.3 Å². The highest BCUT2D eigenvalue weighted by Crippen LogP contribution is 2.29. The predicted molar refractivity (Wildman–Crippen MR) is 109 cm³/mol. The number of nitrogens with zero attached hydrogens (tertiary/aromatic N) is 2. The molecular formula is C21H14F3N3O2S. The summed E-state index contributed by atoms with van der Waals surface area (Å²) in [6.07, 6.45) is -2.94. The molecule has 0 saturated heterocycles. The summed E-state index contributed by atoms with van der Waals surface area (Å²) in [6, 6.07) is 14.9. The summed E-state index contributed by atoms with van der Waals surface area (Å²) in [7, 11) is 0. The van der Waals surface area contributed by atoms with Gasteiger partial charge < -0.3 is 4.57 Å². The van der Waals surface area contributed by atoms with E-state index in [4.69, 9.17) is 0 Å². The molecule has 4 aromatic rings. The normalized spacial score (nSPS) is 11.6. The van der Waals surface area contributed by atoms with Gasteiger partial charge in [0.15, 0.2) is 5.13 Å². The van der Waals surface area contributed by atoms with Crippen LogP contribution in [0.15, 0.2) is 71.7 Å². The number of hydrogen-bond donors (Lipinski definition) is 1. The standard InChI is InChI=1S/C21H14F3N3O2S/c22-21(23,24)14-9-7-13(8-10-14)12-27-11-3-4-15(19(27)29)18(28)26-20-25-16-5-1-2-6-17(16)30-20/h1-11H,12H2,(H,25,26,28). The Bertz CT molecular complexity index is 1240. The Kier molecular flexibility index (Phi) is 5.13. The number of carbonyl (C=O) groups excluding carboxylic acids is 1. The number of hydrogen-bond acceptors (Lipinski definition) is 4. The number of anilines is 1. The molecular weight excluding hydrogens is 415 g/mol. The van der Waals surface area contributed by atoms with Gasteiger partial charge in [-0.05, 0) is 42.0 Å². The maximum absolute atomic E-state index is 12.7. The first-order valence-electron chi connectivity index (χ1n) is 8.84. The van der Waals surface area contributed by atoms with Crippen molar-refractivity contribution in [3.8, 4) is 0 Å². The van der Waals surface area contributed by atoms with Crippen molar-refractivity contribution in [1.29, 1.82) is 0 Å². The predicted octanol–water partition coefficient (Wildman–Crippen LogP) is 4.78. The third-order valence-corrected chi connectivity index (χ3v) is 5.37. The highest BCUT2D eigenvalue weighted by molar-refractivity contribution is 7.22. The average molecular weight is 429 g/mol. The molecule has 0 radical (unpaired) electrons. The van der Waals surface area contributed by atoms with Crippen molar-refractivity contribution < 1.29 is 18.0 Å². The van der Waals surface area contributed by atoms with Crippen LogP contribution in [0.3, 0.4) is 0 Å². The number of pyridine rings is 1. The van der Waals surface area contributed by atoms with Gasteiger partial charge in [0.1, 0.15) is 5.56 Å². The summed E-state index contributed by atoms with van der Waals surface area (Å²) in [5.41, 5.74) is -0.137. The van der Waals surface area contributed by atoms with Crippen LogP contribution in [0.2, 0.25) is 0 Å². The fourth-order valence-corrected chi connectivity index (χ4v) is 3.78. The lowest BCUT2D eigenvalue weighted by atomic mass is 10.1. The smallest absolute Gasteiger partial charge is 0.310 e. The molecule has 1 amide bonds. The highest BCUT2D eigenvalue weighted by Gasteiger charge is 2.29. The quantitative estimate of drug-likeness (QED) is 0.508. The van der Waals surface area contributed by atoms with E-state index in [0.29, 0.717) is 10.7 Å². The van der Waals surface area contributed by atoms with Crippen LogP contribution >= 0.6 is 11.3 Å². The molecule has 0 bridgehead atoms. The third-order valence-electron chi connectivity index (χ3n) is 4.41. The number of carbonyl (C=O) groups is 1. The molecule has 1 N–H and O–H groups in total. The van der Waals surface area contributed by atoms with E-state index in [0.717, 1.165) is 22.3 Å². The van der Waals surface area contributed by atoms with Crippen molar-refractivity contribution in [3.63, 3.8) is 0 Å². The van der Waals surface area contributed by atoms with Crippen molar-refractivity contribution in [2.75, 3.05) is 5.32 Å². The van der Waals surface area contributed by atoms with Crippen molar-refractivity contribution in [3.05, 3.63) is 93.9 Å². The number of thiazole rings is 1. The summed E-state index contributed by atoms with van der Waals surface area (Å²) in [6.45, 7) is 0.0409. The number of nitrogens with one attached hydrogen (secondary N) is 1. The molecule has 152 valence electrons. The van der Waals surface area contributed by atoms with Gasteiger partial charge in [-0.25, -0.2) is 4.98 Å².